The van der Waals surface area contributed by atoms with E-state index >= 15 is 0 Å². The molecule has 0 spiro atoms. The Bertz CT molecular complexity index is 1530. The van der Waals surface area contributed by atoms with Gasteiger partial charge in [-0.05, 0) is 43.2 Å². The number of fused-ring (bicyclic) bond motifs is 3. The van der Waals surface area contributed by atoms with Crippen LogP contribution in [0.2, 0.25) is 0 Å². The van der Waals surface area contributed by atoms with Gasteiger partial charge in [-0.15, -0.1) is 0 Å². The van der Waals surface area contributed by atoms with Gasteiger partial charge in [0.1, 0.15) is 11.7 Å². The van der Waals surface area contributed by atoms with E-state index in [0.717, 1.165) is 52.2 Å². The second-order valence-corrected chi connectivity index (χ2v) is 10.5. The van der Waals surface area contributed by atoms with E-state index in [0.29, 0.717) is 12.2 Å². The van der Waals surface area contributed by atoms with Crippen molar-refractivity contribution in [3.63, 3.8) is 0 Å². The van der Waals surface area contributed by atoms with E-state index < -0.39 is 11.3 Å². The zero-order valence-corrected chi connectivity index (χ0v) is 21.3. The molecule has 0 radical (unpaired) electrons. The lowest BCUT2D eigenvalue weighted by atomic mass is 9.50. The highest BCUT2D eigenvalue weighted by atomic mass is 16.1. The molecule has 0 N–H and O–H groups in total. The molecule has 6 rings (SSSR count). The fraction of sp³-hybridized carbons (Fsp3) is 0.323. The molecular formula is C31H29N5O. The highest BCUT2D eigenvalue weighted by Gasteiger charge is 2.56. The van der Waals surface area contributed by atoms with Gasteiger partial charge in [-0.25, -0.2) is 15.0 Å². The number of nitrogens with zero attached hydrogens (tertiary/aromatic N) is 5. The van der Waals surface area contributed by atoms with E-state index in [2.05, 4.69) is 47.5 Å². The lowest BCUT2D eigenvalue weighted by Crippen LogP contribution is -2.53. The summed E-state index contributed by atoms with van der Waals surface area (Å²) in [5.41, 5.74) is 6.92. The number of carbonyl (C=O) groups is 1. The predicted molar refractivity (Wildman–Crippen MR) is 141 cm³/mol. The number of aryl methyl sites for hydroxylation is 2. The third-order valence-corrected chi connectivity index (χ3v) is 8.52. The van der Waals surface area contributed by atoms with Crippen molar-refractivity contribution in [2.45, 2.75) is 38.5 Å². The van der Waals surface area contributed by atoms with Gasteiger partial charge >= 0.3 is 0 Å². The van der Waals surface area contributed by atoms with E-state index in [4.69, 9.17) is 9.97 Å². The molecule has 1 saturated carbocycles. The molecule has 0 aliphatic heterocycles. The van der Waals surface area contributed by atoms with Crippen LogP contribution in [-0.2, 0) is 23.7 Å². The van der Waals surface area contributed by atoms with Crippen molar-refractivity contribution in [3.8, 4) is 28.6 Å². The van der Waals surface area contributed by atoms with Gasteiger partial charge in [-0.2, -0.15) is 5.26 Å². The van der Waals surface area contributed by atoms with Gasteiger partial charge in [0.15, 0.2) is 5.78 Å². The molecule has 0 saturated heterocycles. The Morgan fingerprint density at radius 1 is 1.05 bits per heavy atom. The first-order chi connectivity index (χ1) is 17.9. The number of nitriles is 1. The van der Waals surface area contributed by atoms with E-state index in [1.807, 2.05) is 49.9 Å². The van der Waals surface area contributed by atoms with Crippen LogP contribution < -0.4 is 0 Å². The molecule has 2 aliphatic carbocycles. The average molecular weight is 488 g/mol. The standard InChI is InChI=1S/C31H29N5O/c1-19-26-14-13-25-28(22-11-9-21(10-12-22)27-17-33-18-36(27)3)34-20(2)35-30(25)31(26,15-23(16-32)29(19)37)24-7-5-4-6-8-24/h4-12,17-19,23,26H,13-15H2,1-3H3/t19-,23?,26-,31+/m0/s1. The van der Waals surface area contributed by atoms with Gasteiger partial charge in [0.2, 0.25) is 0 Å². The Morgan fingerprint density at radius 2 is 1.78 bits per heavy atom. The summed E-state index contributed by atoms with van der Waals surface area (Å²) in [5.74, 6) is 0.0181. The van der Waals surface area contributed by atoms with Crippen LogP contribution in [0.4, 0.5) is 0 Å². The number of aromatic nitrogens is 4. The van der Waals surface area contributed by atoms with Crippen molar-refractivity contribution in [2.75, 3.05) is 0 Å². The van der Waals surface area contributed by atoms with E-state index in [1.165, 1.54) is 0 Å². The first-order valence-corrected chi connectivity index (χ1v) is 12.9. The second kappa shape index (κ2) is 8.77. The highest BCUT2D eigenvalue weighted by molar-refractivity contribution is 5.87. The number of benzene rings is 2. The number of rotatable bonds is 3. The van der Waals surface area contributed by atoms with E-state index in [1.54, 1.807) is 6.33 Å². The molecule has 4 aromatic rings. The number of imidazole rings is 1. The summed E-state index contributed by atoms with van der Waals surface area (Å²) in [6, 6.07) is 21.2. The summed E-state index contributed by atoms with van der Waals surface area (Å²) < 4.78 is 2.01. The van der Waals surface area contributed by atoms with Crippen LogP contribution in [0.5, 0.6) is 0 Å². The van der Waals surface area contributed by atoms with Crippen molar-refractivity contribution < 1.29 is 4.79 Å². The van der Waals surface area contributed by atoms with Gasteiger partial charge in [-0.1, -0.05) is 61.5 Å². The fourth-order valence-electron chi connectivity index (χ4n) is 6.77. The Morgan fingerprint density at radius 3 is 2.46 bits per heavy atom. The van der Waals surface area contributed by atoms with Gasteiger partial charge < -0.3 is 4.57 Å². The highest BCUT2D eigenvalue weighted by Crippen LogP contribution is 2.56. The van der Waals surface area contributed by atoms with Crippen molar-refractivity contribution in [2.24, 2.45) is 24.8 Å². The summed E-state index contributed by atoms with van der Waals surface area (Å²) in [6.07, 6.45) is 5.80. The van der Waals surface area contributed by atoms with Crippen molar-refractivity contribution in [1.82, 2.24) is 19.5 Å². The number of ketones is 1. The fourth-order valence-corrected chi connectivity index (χ4v) is 6.77. The predicted octanol–water partition coefficient (Wildman–Crippen LogP) is 5.45. The summed E-state index contributed by atoms with van der Waals surface area (Å²) in [5, 5.41) is 9.98. The minimum atomic E-state index is -0.644. The minimum Gasteiger partial charge on any atom is -0.334 e. The Hall–Kier alpha value is -4.11. The molecule has 2 heterocycles. The Kier molecular flexibility index (Phi) is 5.52. The molecule has 1 unspecified atom stereocenters. The van der Waals surface area contributed by atoms with Crippen LogP contribution in [0, 0.1) is 36.0 Å². The molecule has 37 heavy (non-hydrogen) atoms. The molecule has 0 bridgehead atoms. The van der Waals surface area contributed by atoms with Gasteiger partial charge in [0.05, 0.1) is 35.7 Å². The molecular weight excluding hydrogens is 458 g/mol. The SMILES string of the molecule is Cc1nc(-c2ccc(-c3cncn3C)cc2)c2c(n1)[C@@]1(c3ccccc3)CC(C#N)C(=O)[C@@H](C)[C@@H]1CC2. The zero-order valence-electron chi connectivity index (χ0n) is 21.3. The molecule has 2 aromatic heterocycles. The van der Waals surface area contributed by atoms with Gasteiger partial charge in [0, 0.05) is 29.5 Å². The molecule has 1 fully saturated rings. The zero-order chi connectivity index (χ0) is 25.7. The molecule has 0 amide bonds. The first kappa shape index (κ1) is 23.3. The molecule has 2 aliphatic rings. The average Bonchev–Trinajstić information content (AvgIpc) is 3.36. The topological polar surface area (TPSA) is 84.5 Å². The lowest BCUT2D eigenvalue weighted by molar-refractivity contribution is -0.131. The first-order valence-electron chi connectivity index (χ1n) is 12.9. The Labute approximate surface area is 217 Å². The number of Topliss-reactive ketones (excluding diaryl/α,β-unsaturated/α-hetero) is 1. The summed E-state index contributed by atoms with van der Waals surface area (Å²) in [6.45, 7) is 3.95. The minimum absolute atomic E-state index is 0.0688. The van der Waals surface area contributed by atoms with Crippen molar-refractivity contribution in [1.29, 1.82) is 5.26 Å². The van der Waals surface area contributed by atoms with Crippen molar-refractivity contribution >= 4 is 5.78 Å². The van der Waals surface area contributed by atoms with Crippen LogP contribution in [0.15, 0.2) is 67.1 Å². The monoisotopic (exact) mass is 487 g/mol. The van der Waals surface area contributed by atoms with Crippen LogP contribution in [0.3, 0.4) is 0 Å². The van der Waals surface area contributed by atoms with Gasteiger partial charge in [0.25, 0.3) is 0 Å². The van der Waals surface area contributed by atoms with E-state index in [-0.39, 0.29) is 17.6 Å². The van der Waals surface area contributed by atoms with Crippen molar-refractivity contribution in [3.05, 3.63) is 89.8 Å². The third-order valence-electron chi connectivity index (χ3n) is 8.52. The number of hydrogen-bond donors (Lipinski definition) is 0. The molecule has 2 aromatic carbocycles. The lowest BCUT2D eigenvalue weighted by Gasteiger charge is -2.51. The van der Waals surface area contributed by atoms with Crippen LogP contribution >= 0.6 is 0 Å². The van der Waals surface area contributed by atoms with Gasteiger partial charge in [-0.3, -0.25) is 4.79 Å². The number of carbonyl (C=O) groups excluding carboxylic acids is 1. The summed E-state index contributed by atoms with van der Waals surface area (Å²) in [7, 11) is 1.99. The normalized spacial score (nSPS) is 24.7. The molecule has 184 valence electrons. The Balaban J connectivity index is 1.55. The van der Waals surface area contributed by atoms with Crippen LogP contribution in [0.1, 0.15) is 42.4 Å². The summed E-state index contributed by atoms with van der Waals surface area (Å²) >= 11 is 0. The molecule has 6 heteroatoms. The second-order valence-electron chi connectivity index (χ2n) is 10.5. The third kappa shape index (κ3) is 3.53. The molecule has 6 nitrogen and oxygen atoms in total. The maximum Gasteiger partial charge on any atom is 0.153 e. The quantitative estimate of drug-likeness (QED) is 0.384. The number of hydrogen-bond acceptors (Lipinski definition) is 5. The maximum absolute atomic E-state index is 13.1. The van der Waals surface area contributed by atoms with E-state index in [9.17, 15) is 10.1 Å². The largest absolute Gasteiger partial charge is 0.334 e. The smallest absolute Gasteiger partial charge is 0.153 e. The van der Waals surface area contributed by atoms with Crippen LogP contribution in [-0.4, -0.2) is 25.3 Å². The summed E-state index contributed by atoms with van der Waals surface area (Å²) in [4.78, 5) is 27.4. The molecule has 4 atom stereocenters. The van der Waals surface area contributed by atoms with Crippen LogP contribution in [0.25, 0.3) is 22.5 Å². The maximum atomic E-state index is 13.1.